The Hall–Kier alpha value is -4.28. The minimum atomic E-state index is -0.710. The molecule has 3 aromatic carbocycles. The third kappa shape index (κ3) is 3.86. The van der Waals surface area contributed by atoms with E-state index in [1.54, 1.807) is 28.9 Å². The first-order valence-electron chi connectivity index (χ1n) is 11.7. The van der Waals surface area contributed by atoms with E-state index in [0.29, 0.717) is 23.6 Å². The van der Waals surface area contributed by atoms with Crippen LogP contribution in [0.2, 0.25) is 0 Å². The van der Waals surface area contributed by atoms with Gasteiger partial charge < -0.3 is 10.6 Å². The van der Waals surface area contributed by atoms with Crippen molar-refractivity contribution < 1.29 is 14.0 Å². The molecule has 2 saturated heterocycles. The summed E-state index contributed by atoms with van der Waals surface area (Å²) in [6.45, 7) is 2.25. The minimum Gasteiger partial charge on any atom is -0.321 e. The lowest BCUT2D eigenvalue weighted by atomic mass is 10.0. The Morgan fingerprint density at radius 1 is 1.08 bits per heavy atom. The van der Waals surface area contributed by atoms with Crippen LogP contribution in [0.5, 0.6) is 0 Å². The number of aryl methyl sites for hydroxylation is 1. The Morgan fingerprint density at radius 3 is 2.69 bits per heavy atom. The Kier molecular flexibility index (Phi) is 5.39. The van der Waals surface area contributed by atoms with E-state index in [9.17, 15) is 14.0 Å². The quantitative estimate of drug-likeness (QED) is 0.355. The fourth-order valence-electron chi connectivity index (χ4n) is 4.86. The molecular formula is C26H24FN7O2. The molecule has 0 aliphatic carbocycles. The number of halogens is 1. The summed E-state index contributed by atoms with van der Waals surface area (Å²) < 4.78 is 15.0. The van der Waals surface area contributed by atoms with Crippen LogP contribution < -0.4 is 26.4 Å². The van der Waals surface area contributed by atoms with Gasteiger partial charge in [0.15, 0.2) is 6.29 Å². The first kappa shape index (κ1) is 22.2. The molecule has 0 radical (unpaired) electrons. The van der Waals surface area contributed by atoms with Crippen LogP contribution in [0.15, 0.2) is 72.8 Å². The maximum Gasteiger partial charge on any atom is 0.257 e. The van der Waals surface area contributed by atoms with Gasteiger partial charge in [-0.1, -0.05) is 36.4 Å². The number of benzene rings is 3. The average molecular weight is 486 g/mol. The number of fused-ring (bicyclic) bond motifs is 2. The minimum absolute atomic E-state index is 0.152. The maximum absolute atomic E-state index is 13.4. The molecule has 9 nitrogen and oxygen atoms in total. The van der Waals surface area contributed by atoms with E-state index in [-0.39, 0.29) is 23.5 Å². The molecule has 0 saturated carbocycles. The molecule has 4 N–H and O–H groups in total. The fraction of sp³-hybridized carbons (Fsp3) is 0.192. The zero-order chi connectivity index (χ0) is 24.8. The van der Waals surface area contributed by atoms with Crippen LogP contribution in [0.3, 0.4) is 0 Å². The Bertz CT molecular complexity index is 1460. The van der Waals surface area contributed by atoms with Gasteiger partial charge in [0.25, 0.3) is 5.91 Å². The number of anilines is 2. The van der Waals surface area contributed by atoms with E-state index in [1.165, 1.54) is 12.1 Å². The molecule has 0 bridgehead atoms. The normalized spacial score (nSPS) is 21.3. The molecule has 0 spiro atoms. The van der Waals surface area contributed by atoms with Crippen LogP contribution in [0.1, 0.15) is 22.3 Å². The lowest BCUT2D eigenvalue weighted by Crippen LogP contribution is -2.61. The average Bonchev–Trinajstić information content (AvgIpc) is 3.47. The largest absolute Gasteiger partial charge is 0.321 e. The molecular weight excluding hydrogens is 461 g/mol. The second kappa shape index (κ2) is 8.74. The molecule has 36 heavy (non-hydrogen) atoms. The molecule has 2 aliphatic heterocycles. The van der Waals surface area contributed by atoms with E-state index in [2.05, 4.69) is 26.5 Å². The van der Waals surface area contributed by atoms with Crippen molar-refractivity contribution in [3.63, 3.8) is 0 Å². The highest BCUT2D eigenvalue weighted by Gasteiger charge is 2.45. The van der Waals surface area contributed by atoms with Gasteiger partial charge in [-0.15, -0.1) is 0 Å². The van der Waals surface area contributed by atoms with E-state index in [0.717, 1.165) is 16.5 Å². The number of aromatic nitrogens is 2. The molecule has 3 heterocycles. The van der Waals surface area contributed by atoms with Crippen molar-refractivity contribution >= 4 is 34.1 Å². The van der Waals surface area contributed by atoms with Crippen molar-refractivity contribution in [1.29, 1.82) is 0 Å². The van der Waals surface area contributed by atoms with Crippen molar-refractivity contribution in [2.45, 2.75) is 19.4 Å². The summed E-state index contributed by atoms with van der Waals surface area (Å²) in [4.78, 5) is 26.3. The van der Waals surface area contributed by atoms with Gasteiger partial charge in [-0.05, 0) is 48.0 Å². The van der Waals surface area contributed by atoms with Crippen molar-refractivity contribution in [3.8, 4) is 0 Å². The number of hydrogen-bond donors (Lipinski definition) is 4. The molecule has 10 heteroatoms. The summed E-state index contributed by atoms with van der Waals surface area (Å²) in [6.07, 6.45) is -1.11. The molecule has 2 fully saturated rings. The second-order valence-electron chi connectivity index (χ2n) is 8.93. The number of hydrazine groups is 1. The first-order chi connectivity index (χ1) is 17.5. The van der Waals surface area contributed by atoms with Gasteiger partial charge in [-0.25, -0.2) is 14.5 Å². The molecule has 182 valence electrons. The predicted octanol–water partition coefficient (Wildman–Crippen LogP) is 2.88. The SMILES string of the molecule is Cc1cc(NC(=O)c2cccc3ccccc23)n(C2NC(=O)C3CNN(c4ccc(F)cc4)C3N2)n1. The number of amides is 2. The molecule has 3 atom stereocenters. The van der Waals surface area contributed by atoms with E-state index in [4.69, 9.17) is 0 Å². The Labute approximate surface area is 206 Å². The van der Waals surface area contributed by atoms with Crippen LogP contribution >= 0.6 is 0 Å². The predicted molar refractivity (Wildman–Crippen MR) is 133 cm³/mol. The zero-order valence-corrected chi connectivity index (χ0v) is 19.4. The highest BCUT2D eigenvalue weighted by atomic mass is 19.1. The molecule has 4 aromatic rings. The van der Waals surface area contributed by atoms with Crippen LogP contribution in [-0.4, -0.2) is 34.3 Å². The number of carbonyl (C=O) groups is 2. The summed E-state index contributed by atoms with van der Waals surface area (Å²) >= 11 is 0. The second-order valence-corrected chi connectivity index (χ2v) is 8.93. The van der Waals surface area contributed by atoms with Crippen molar-refractivity contribution in [1.82, 2.24) is 25.8 Å². The highest BCUT2D eigenvalue weighted by molar-refractivity contribution is 6.12. The Balaban J connectivity index is 1.28. The monoisotopic (exact) mass is 485 g/mol. The standard InChI is InChI=1S/C26H24FN7O2/c1-15-13-22(29-24(35)20-8-4-6-16-5-2-3-7-19(16)20)34(32-15)26-30-23-21(25(36)31-26)14-28-33(23)18-11-9-17(27)10-12-18/h2-13,21,23,26,28,30H,14H2,1H3,(H,29,35)(H,31,36). The fourth-order valence-corrected chi connectivity index (χ4v) is 4.86. The third-order valence-electron chi connectivity index (χ3n) is 6.57. The first-order valence-corrected chi connectivity index (χ1v) is 11.7. The van der Waals surface area contributed by atoms with Gasteiger partial charge in [0, 0.05) is 18.2 Å². The molecule has 6 rings (SSSR count). The van der Waals surface area contributed by atoms with Crippen molar-refractivity contribution in [2.75, 3.05) is 16.9 Å². The van der Waals surface area contributed by atoms with Gasteiger partial charge in [0.1, 0.15) is 17.8 Å². The highest BCUT2D eigenvalue weighted by Crippen LogP contribution is 2.28. The van der Waals surface area contributed by atoms with E-state index < -0.39 is 12.5 Å². The zero-order valence-electron chi connectivity index (χ0n) is 19.4. The summed E-state index contributed by atoms with van der Waals surface area (Å²) in [5.74, 6) is -0.679. The molecule has 1 aromatic heterocycles. The summed E-state index contributed by atoms with van der Waals surface area (Å²) in [5.41, 5.74) is 5.17. The summed E-state index contributed by atoms with van der Waals surface area (Å²) in [6, 6.07) is 21.1. The number of nitrogens with one attached hydrogen (secondary N) is 4. The van der Waals surface area contributed by atoms with Crippen LogP contribution in [-0.2, 0) is 4.79 Å². The van der Waals surface area contributed by atoms with Crippen LogP contribution in [0.4, 0.5) is 15.9 Å². The van der Waals surface area contributed by atoms with E-state index in [1.807, 2.05) is 48.3 Å². The van der Waals surface area contributed by atoms with Gasteiger partial charge in [0.05, 0.1) is 17.3 Å². The van der Waals surface area contributed by atoms with Gasteiger partial charge in [-0.3, -0.25) is 19.9 Å². The maximum atomic E-state index is 13.4. The lowest BCUT2D eigenvalue weighted by Gasteiger charge is -2.37. The van der Waals surface area contributed by atoms with Gasteiger partial charge in [0.2, 0.25) is 5.91 Å². The van der Waals surface area contributed by atoms with Crippen molar-refractivity contribution in [2.24, 2.45) is 5.92 Å². The number of hydrogen-bond acceptors (Lipinski definition) is 6. The molecule has 2 amide bonds. The Morgan fingerprint density at radius 2 is 1.86 bits per heavy atom. The summed E-state index contributed by atoms with van der Waals surface area (Å²) in [5, 5.41) is 17.5. The smallest absolute Gasteiger partial charge is 0.257 e. The van der Waals surface area contributed by atoms with E-state index >= 15 is 0 Å². The number of rotatable bonds is 4. The van der Waals surface area contributed by atoms with Crippen molar-refractivity contribution in [3.05, 3.63) is 89.9 Å². The number of carbonyl (C=O) groups excluding carboxylic acids is 2. The van der Waals surface area contributed by atoms with Crippen LogP contribution in [0, 0.1) is 18.7 Å². The number of nitrogens with zero attached hydrogens (tertiary/aromatic N) is 3. The molecule has 2 aliphatic rings. The lowest BCUT2D eigenvalue weighted by molar-refractivity contribution is -0.129. The van der Waals surface area contributed by atoms with Crippen LogP contribution in [0.25, 0.3) is 10.8 Å². The topological polar surface area (TPSA) is 103 Å². The van der Waals surface area contributed by atoms with Gasteiger partial charge >= 0.3 is 0 Å². The third-order valence-corrected chi connectivity index (χ3v) is 6.57. The molecule has 3 unspecified atom stereocenters. The van der Waals surface area contributed by atoms with Gasteiger partial charge in [-0.2, -0.15) is 5.10 Å². The summed E-state index contributed by atoms with van der Waals surface area (Å²) in [7, 11) is 0.